The minimum absolute atomic E-state index is 0.548. The van der Waals surface area contributed by atoms with Crippen LogP contribution in [0.15, 0.2) is 18.5 Å². The summed E-state index contributed by atoms with van der Waals surface area (Å²) in [6.07, 6.45) is 7.31. The Morgan fingerprint density at radius 2 is 2.36 bits per heavy atom. The minimum Gasteiger partial charge on any atom is -0.264 e. The molecule has 0 amide bonds. The summed E-state index contributed by atoms with van der Waals surface area (Å²) in [5.41, 5.74) is 2.85. The molecule has 0 spiro atoms. The van der Waals surface area contributed by atoms with Crippen molar-refractivity contribution in [2.24, 2.45) is 0 Å². The molecule has 1 nitrogen and oxygen atoms in total. The standard InChI is InChI=1S/C9H11NS/c11-9-2-1-7-3-4-10-6-8(7)5-9/h3-4,6,9,11H,1-2,5H2. The first-order valence-electron chi connectivity index (χ1n) is 3.96. The van der Waals surface area contributed by atoms with Crippen molar-refractivity contribution < 1.29 is 0 Å². The van der Waals surface area contributed by atoms with E-state index in [0.717, 1.165) is 6.42 Å². The van der Waals surface area contributed by atoms with Crippen molar-refractivity contribution in [1.82, 2.24) is 4.98 Å². The summed E-state index contributed by atoms with van der Waals surface area (Å²) in [5, 5.41) is 0.548. The molecule has 0 aromatic carbocycles. The van der Waals surface area contributed by atoms with Crippen LogP contribution in [0.2, 0.25) is 0 Å². The highest BCUT2D eigenvalue weighted by Crippen LogP contribution is 2.22. The summed E-state index contributed by atoms with van der Waals surface area (Å²) >= 11 is 4.46. The number of aryl methyl sites for hydroxylation is 1. The highest BCUT2D eigenvalue weighted by molar-refractivity contribution is 7.80. The van der Waals surface area contributed by atoms with E-state index in [2.05, 4.69) is 23.7 Å². The van der Waals surface area contributed by atoms with Crippen molar-refractivity contribution in [3.63, 3.8) is 0 Å². The molecular formula is C9H11NS. The summed E-state index contributed by atoms with van der Waals surface area (Å²) < 4.78 is 0. The van der Waals surface area contributed by atoms with Crippen molar-refractivity contribution >= 4 is 12.6 Å². The number of pyridine rings is 1. The van der Waals surface area contributed by atoms with Crippen LogP contribution in [0.5, 0.6) is 0 Å². The topological polar surface area (TPSA) is 12.9 Å². The smallest absolute Gasteiger partial charge is 0.0303 e. The van der Waals surface area contributed by atoms with Gasteiger partial charge in [0.25, 0.3) is 0 Å². The summed E-state index contributed by atoms with van der Waals surface area (Å²) in [7, 11) is 0. The first-order chi connectivity index (χ1) is 5.36. The lowest BCUT2D eigenvalue weighted by atomic mass is 9.93. The molecule has 1 heterocycles. The molecule has 11 heavy (non-hydrogen) atoms. The summed E-state index contributed by atoms with van der Waals surface area (Å²) in [6, 6.07) is 2.12. The molecule has 1 unspecified atom stereocenters. The molecule has 2 heteroatoms. The quantitative estimate of drug-likeness (QED) is 0.579. The molecule has 0 N–H and O–H groups in total. The van der Waals surface area contributed by atoms with Gasteiger partial charge in [0.1, 0.15) is 0 Å². The summed E-state index contributed by atoms with van der Waals surface area (Å²) in [5.74, 6) is 0. The van der Waals surface area contributed by atoms with E-state index in [1.807, 2.05) is 12.4 Å². The van der Waals surface area contributed by atoms with E-state index < -0.39 is 0 Å². The van der Waals surface area contributed by atoms with E-state index in [1.165, 1.54) is 24.0 Å². The van der Waals surface area contributed by atoms with Gasteiger partial charge < -0.3 is 0 Å². The number of rotatable bonds is 0. The van der Waals surface area contributed by atoms with Crippen LogP contribution in [0.4, 0.5) is 0 Å². The van der Waals surface area contributed by atoms with Crippen LogP contribution < -0.4 is 0 Å². The van der Waals surface area contributed by atoms with Crippen molar-refractivity contribution in [2.45, 2.75) is 24.5 Å². The van der Waals surface area contributed by atoms with Crippen molar-refractivity contribution in [3.8, 4) is 0 Å². The lowest BCUT2D eigenvalue weighted by Gasteiger charge is -2.19. The van der Waals surface area contributed by atoms with Gasteiger partial charge in [-0.05, 0) is 36.5 Å². The lowest BCUT2D eigenvalue weighted by molar-refractivity contribution is 0.702. The molecular weight excluding hydrogens is 154 g/mol. The maximum absolute atomic E-state index is 4.46. The average Bonchev–Trinajstić information content (AvgIpc) is 2.04. The van der Waals surface area contributed by atoms with E-state index in [9.17, 15) is 0 Å². The van der Waals surface area contributed by atoms with Crippen LogP contribution in [0, 0.1) is 0 Å². The van der Waals surface area contributed by atoms with Crippen LogP contribution in [0.1, 0.15) is 17.5 Å². The van der Waals surface area contributed by atoms with E-state index >= 15 is 0 Å². The second kappa shape index (κ2) is 2.86. The van der Waals surface area contributed by atoms with Crippen LogP contribution in [0.25, 0.3) is 0 Å². The monoisotopic (exact) mass is 165 g/mol. The predicted octanol–water partition coefficient (Wildman–Crippen LogP) is 1.87. The van der Waals surface area contributed by atoms with Gasteiger partial charge in [0, 0.05) is 17.6 Å². The van der Waals surface area contributed by atoms with Gasteiger partial charge in [-0.1, -0.05) is 0 Å². The van der Waals surface area contributed by atoms with Crippen molar-refractivity contribution in [3.05, 3.63) is 29.6 Å². The molecule has 0 saturated carbocycles. The SMILES string of the molecule is SC1CCc2ccncc2C1. The molecule has 1 atom stereocenters. The molecule has 0 aliphatic heterocycles. The Bertz CT molecular complexity index is 259. The Morgan fingerprint density at radius 1 is 1.45 bits per heavy atom. The molecule has 0 radical (unpaired) electrons. The molecule has 0 bridgehead atoms. The van der Waals surface area contributed by atoms with Gasteiger partial charge in [0.05, 0.1) is 0 Å². The highest BCUT2D eigenvalue weighted by Gasteiger charge is 2.14. The Morgan fingerprint density at radius 3 is 3.27 bits per heavy atom. The van der Waals surface area contributed by atoms with Gasteiger partial charge in [-0.25, -0.2) is 0 Å². The fourth-order valence-electron chi connectivity index (χ4n) is 1.56. The van der Waals surface area contributed by atoms with Crippen LogP contribution in [-0.2, 0) is 12.8 Å². The average molecular weight is 165 g/mol. The van der Waals surface area contributed by atoms with Gasteiger partial charge in [0.15, 0.2) is 0 Å². The van der Waals surface area contributed by atoms with E-state index in [-0.39, 0.29) is 0 Å². The van der Waals surface area contributed by atoms with Gasteiger partial charge in [-0.2, -0.15) is 12.6 Å². The normalized spacial score (nSPS) is 22.8. The van der Waals surface area contributed by atoms with E-state index in [0.29, 0.717) is 5.25 Å². The molecule has 2 rings (SSSR count). The fourth-order valence-corrected chi connectivity index (χ4v) is 1.89. The second-order valence-electron chi connectivity index (χ2n) is 3.04. The number of aromatic nitrogens is 1. The third-order valence-electron chi connectivity index (χ3n) is 2.21. The molecule has 58 valence electrons. The first-order valence-corrected chi connectivity index (χ1v) is 4.48. The molecule has 1 aliphatic carbocycles. The maximum Gasteiger partial charge on any atom is 0.0303 e. The number of thiol groups is 1. The number of nitrogens with zero attached hydrogens (tertiary/aromatic N) is 1. The van der Waals surface area contributed by atoms with Crippen LogP contribution >= 0.6 is 12.6 Å². The largest absolute Gasteiger partial charge is 0.264 e. The molecule has 0 fully saturated rings. The Hall–Kier alpha value is -0.500. The minimum atomic E-state index is 0.548. The van der Waals surface area contributed by atoms with Crippen molar-refractivity contribution in [1.29, 1.82) is 0 Å². The van der Waals surface area contributed by atoms with Gasteiger partial charge in [-0.3, -0.25) is 4.98 Å². The Labute approximate surface area is 72.3 Å². The fraction of sp³-hybridized carbons (Fsp3) is 0.444. The molecule has 1 aromatic rings. The van der Waals surface area contributed by atoms with Gasteiger partial charge in [-0.15, -0.1) is 0 Å². The van der Waals surface area contributed by atoms with Gasteiger partial charge >= 0.3 is 0 Å². The highest BCUT2D eigenvalue weighted by atomic mass is 32.1. The molecule has 0 saturated heterocycles. The van der Waals surface area contributed by atoms with Crippen LogP contribution in [0.3, 0.4) is 0 Å². The zero-order chi connectivity index (χ0) is 7.68. The zero-order valence-electron chi connectivity index (χ0n) is 6.33. The molecule has 1 aromatic heterocycles. The third-order valence-corrected chi connectivity index (χ3v) is 2.65. The number of hydrogen-bond acceptors (Lipinski definition) is 2. The lowest BCUT2D eigenvalue weighted by Crippen LogP contribution is -2.13. The van der Waals surface area contributed by atoms with Gasteiger partial charge in [0.2, 0.25) is 0 Å². The number of fused-ring (bicyclic) bond motifs is 1. The second-order valence-corrected chi connectivity index (χ2v) is 3.77. The maximum atomic E-state index is 4.46. The number of hydrogen-bond donors (Lipinski definition) is 1. The first kappa shape index (κ1) is 7.17. The summed E-state index contributed by atoms with van der Waals surface area (Å²) in [4.78, 5) is 4.10. The zero-order valence-corrected chi connectivity index (χ0v) is 7.22. The molecule has 1 aliphatic rings. The summed E-state index contributed by atoms with van der Waals surface area (Å²) in [6.45, 7) is 0. The predicted molar refractivity (Wildman–Crippen MR) is 49.0 cm³/mol. The van der Waals surface area contributed by atoms with Crippen LogP contribution in [-0.4, -0.2) is 10.2 Å². The van der Waals surface area contributed by atoms with E-state index in [4.69, 9.17) is 0 Å². The Balaban J connectivity index is 2.34. The van der Waals surface area contributed by atoms with Crippen molar-refractivity contribution in [2.75, 3.05) is 0 Å². The van der Waals surface area contributed by atoms with E-state index in [1.54, 1.807) is 0 Å². The third kappa shape index (κ3) is 1.41. The Kier molecular flexibility index (Phi) is 1.86.